The third-order valence-electron chi connectivity index (χ3n) is 5.42. The third kappa shape index (κ3) is 5.29. The van der Waals surface area contributed by atoms with Crippen LogP contribution in [-0.4, -0.2) is 48.8 Å². The molecular weight excluding hydrogens is 398 g/mol. The molecule has 0 saturated heterocycles. The zero-order valence-corrected chi connectivity index (χ0v) is 18.0. The SMILES string of the molecule is CNCCCN(CC=O)C(=O)C(CCc1ccccc1Cl)c1cccc2[nH]ccc12. The molecule has 3 aromatic rings. The van der Waals surface area contributed by atoms with E-state index < -0.39 is 0 Å². The number of aryl methyl sites for hydroxylation is 1. The highest BCUT2D eigenvalue weighted by Crippen LogP contribution is 2.31. The monoisotopic (exact) mass is 425 g/mol. The summed E-state index contributed by atoms with van der Waals surface area (Å²) in [6.45, 7) is 1.44. The zero-order chi connectivity index (χ0) is 21.3. The highest BCUT2D eigenvalue weighted by molar-refractivity contribution is 6.31. The lowest BCUT2D eigenvalue weighted by molar-refractivity contribution is -0.134. The van der Waals surface area contributed by atoms with Crippen LogP contribution in [-0.2, 0) is 16.0 Å². The molecule has 0 aliphatic carbocycles. The Hall–Kier alpha value is -2.63. The second-order valence-corrected chi connectivity index (χ2v) is 7.78. The summed E-state index contributed by atoms with van der Waals surface area (Å²) in [5.41, 5.74) is 3.01. The first kappa shape index (κ1) is 22.1. The Labute approximate surface area is 182 Å². The van der Waals surface area contributed by atoms with Gasteiger partial charge in [0.1, 0.15) is 6.29 Å². The smallest absolute Gasteiger partial charge is 0.230 e. The van der Waals surface area contributed by atoms with E-state index >= 15 is 0 Å². The number of rotatable bonds is 11. The molecule has 5 nitrogen and oxygen atoms in total. The van der Waals surface area contributed by atoms with Gasteiger partial charge >= 0.3 is 0 Å². The second kappa shape index (κ2) is 11.0. The number of aldehydes is 1. The molecule has 0 spiro atoms. The maximum atomic E-state index is 13.6. The summed E-state index contributed by atoms with van der Waals surface area (Å²) >= 11 is 6.35. The Kier molecular flexibility index (Phi) is 8.05. The van der Waals surface area contributed by atoms with Gasteiger partial charge in [-0.15, -0.1) is 0 Å². The highest BCUT2D eigenvalue weighted by Gasteiger charge is 2.27. The van der Waals surface area contributed by atoms with Crippen molar-refractivity contribution in [2.45, 2.75) is 25.2 Å². The Bertz CT molecular complexity index is 985. The molecule has 158 valence electrons. The number of amides is 1. The van der Waals surface area contributed by atoms with Crippen LogP contribution in [0.3, 0.4) is 0 Å². The third-order valence-corrected chi connectivity index (χ3v) is 5.79. The number of nitrogens with one attached hydrogen (secondary N) is 2. The average molecular weight is 426 g/mol. The van der Waals surface area contributed by atoms with E-state index in [1.165, 1.54) is 0 Å². The number of fused-ring (bicyclic) bond motifs is 1. The fraction of sp³-hybridized carbons (Fsp3) is 0.333. The van der Waals surface area contributed by atoms with E-state index in [0.717, 1.165) is 41.3 Å². The number of hydrogen-bond acceptors (Lipinski definition) is 3. The fourth-order valence-electron chi connectivity index (χ4n) is 3.88. The molecule has 2 aromatic carbocycles. The Morgan fingerprint density at radius 2 is 2.03 bits per heavy atom. The van der Waals surface area contributed by atoms with Crippen molar-refractivity contribution < 1.29 is 9.59 Å². The molecule has 0 aliphatic rings. The fourth-order valence-corrected chi connectivity index (χ4v) is 4.11. The zero-order valence-electron chi connectivity index (χ0n) is 17.2. The Morgan fingerprint density at radius 3 is 2.80 bits per heavy atom. The van der Waals surface area contributed by atoms with Crippen LogP contribution in [0, 0.1) is 0 Å². The van der Waals surface area contributed by atoms with E-state index in [0.29, 0.717) is 24.4 Å². The van der Waals surface area contributed by atoms with Crippen molar-refractivity contribution in [2.75, 3.05) is 26.7 Å². The minimum Gasteiger partial charge on any atom is -0.361 e. The van der Waals surface area contributed by atoms with E-state index in [1.54, 1.807) is 4.90 Å². The van der Waals surface area contributed by atoms with Gasteiger partial charge in [0.15, 0.2) is 0 Å². The van der Waals surface area contributed by atoms with E-state index in [9.17, 15) is 9.59 Å². The quantitative estimate of drug-likeness (QED) is 0.358. The number of aromatic nitrogens is 1. The number of nitrogens with zero attached hydrogens (tertiary/aromatic N) is 1. The number of halogens is 1. The van der Waals surface area contributed by atoms with Crippen LogP contribution in [0.1, 0.15) is 29.9 Å². The first-order chi connectivity index (χ1) is 14.7. The van der Waals surface area contributed by atoms with Crippen LogP contribution in [0.5, 0.6) is 0 Å². The molecule has 0 bridgehead atoms. The molecule has 0 radical (unpaired) electrons. The number of hydrogen-bond donors (Lipinski definition) is 2. The van der Waals surface area contributed by atoms with E-state index in [-0.39, 0.29) is 18.4 Å². The minimum atomic E-state index is -0.352. The largest absolute Gasteiger partial charge is 0.361 e. The molecule has 1 aromatic heterocycles. The lowest BCUT2D eigenvalue weighted by atomic mass is 9.88. The van der Waals surface area contributed by atoms with Gasteiger partial charge in [0.05, 0.1) is 12.5 Å². The number of H-pyrrole nitrogens is 1. The Balaban J connectivity index is 1.91. The van der Waals surface area contributed by atoms with Crippen molar-refractivity contribution >= 4 is 34.7 Å². The van der Waals surface area contributed by atoms with Gasteiger partial charge < -0.3 is 20.0 Å². The predicted molar refractivity (Wildman–Crippen MR) is 122 cm³/mol. The minimum absolute atomic E-state index is 0.0149. The molecule has 0 fully saturated rings. The summed E-state index contributed by atoms with van der Waals surface area (Å²) in [6, 6.07) is 15.7. The number of benzene rings is 2. The summed E-state index contributed by atoms with van der Waals surface area (Å²) in [7, 11) is 1.88. The molecule has 1 unspecified atom stereocenters. The molecule has 0 saturated carbocycles. The van der Waals surface area contributed by atoms with Crippen LogP contribution in [0.15, 0.2) is 54.7 Å². The normalized spacial score (nSPS) is 12.1. The summed E-state index contributed by atoms with van der Waals surface area (Å²) < 4.78 is 0. The van der Waals surface area contributed by atoms with Crippen LogP contribution >= 0.6 is 11.6 Å². The Morgan fingerprint density at radius 1 is 1.20 bits per heavy atom. The molecule has 0 aliphatic heterocycles. The van der Waals surface area contributed by atoms with E-state index in [2.05, 4.69) is 10.3 Å². The molecule has 1 atom stereocenters. The number of carbonyl (C=O) groups is 2. The topological polar surface area (TPSA) is 65.2 Å². The molecule has 3 rings (SSSR count). The standard InChI is InChI=1S/C24H28ClN3O2/c1-26-13-5-15-28(16-17-29)24(30)21(11-10-18-6-2-3-8-22(18)25)19-7-4-9-23-20(19)12-14-27-23/h2-4,6-9,12,14,17,21,26-27H,5,10-11,13,15-16H2,1H3. The van der Waals surface area contributed by atoms with Crippen molar-refractivity contribution in [3.63, 3.8) is 0 Å². The maximum Gasteiger partial charge on any atom is 0.230 e. The number of aromatic amines is 1. The van der Waals surface area contributed by atoms with Crippen LogP contribution in [0.4, 0.5) is 0 Å². The molecule has 30 heavy (non-hydrogen) atoms. The molecular formula is C24H28ClN3O2. The molecule has 1 amide bonds. The lowest BCUT2D eigenvalue weighted by Gasteiger charge is -2.27. The second-order valence-electron chi connectivity index (χ2n) is 7.38. The molecule has 6 heteroatoms. The summed E-state index contributed by atoms with van der Waals surface area (Å²) in [4.78, 5) is 29.8. The van der Waals surface area contributed by atoms with Gasteiger partial charge in [-0.05, 0) is 62.2 Å². The van der Waals surface area contributed by atoms with Gasteiger partial charge in [-0.3, -0.25) is 4.79 Å². The number of carbonyl (C=O) groups excluding carboxylic acids is 2. The van der Waals surface area contributed by atoms with E-state index in [4.69, 9.17) is 11.6 Å². The van der Waals surface area contributed by atoms with Gasteiger partial charge in [-0.25, -0.2) is 0 Å². The van der Waals surface area contributed by atoms with Gasteiger partial charge in [0.2, 0.25) is 5.91 Å². The van der Waals surface area contributed by atoms with Gasteiger partial charge in [-0.2, -0.15) is 0 Å². The summed E-state index contributed by atoms with van der Waals surface area (Å²) in [5, 5.41) is 4.84. The van der Waals surface area contributed by atoms with Crippen LogP contribution < -0.4 is 5.32 Å². The van der Waals surface area contributed by atoms with Gasteiger partial charge in [-0.1, -0.05) is 41.9 Å². The van der Waals surface area contributed by atoms with Gasteiger partial charge in [0.25, 0.3) is 0 Å². The highest BCUT2D eigenvalue weighted by atomic mass is 35.5. The van der Waals surface area contributed by atoms with Crippen molar-refractivity contribution in [1.82, 2.24) is 15.2 Å². The van der Waals surface area contributed by atoms with E-state index in [1.807, 2.05) is 61.8 Å². The van der Waals surface area contributed by atoms with Gasteiger partial charge in [0, 0.05) is 28.7 Å². The van der Waals surface area contributed by atoms with Crippen molar-refractivity contribution in [3.8, 4) is 0 Å². The molecule has 2 N–H and O–H groups in total. The van der Waals surface area contributed by atoms with Crippen molar-refractivity contribution in [2.24, 2.45) is 0 Å². The summed E-state index contributed by atoms with van der Waals surface area (Å²) in [5.74, 6) is -0.366. The van der Waals surface area contributed by atoms with Crippen molar-refractivity contribution in [1.29, 1.82) is 0 Å². The first-order valence-electron chi connectivity index (χ1n) is 10.3. The summed E-state index contributed by atoms with van der Waals surface area (Å²) in [6.07, 6.45) is 4.79. The maximum absolute atomic E-state index is 13.6. The average Bonchev–Trinajstić information content (AvgIpc) is 3.24. The molecule has 1 heterocycles. The van der Waals surface area contributed by atoms with Crippen molar-refractivity contribution in [3.05, 3.63) is 70.9 Å². The van der Waals surface area contributed by atoms with Crippen LogP contribution in [0.2, 0.25) is 5.02 Å². The van der Waals surface area contributed by atoms with Crippen LogP contribution in [0.25, 0.3) is 10.9 Å². The predicted octanol–water partition coefficient (Wildman–Crippen LogP) is 4.17. The first-order valence-corrected chi connectivity index (χ1v) is 10.7. The lowest BCUT2D eigenvalue weighted by Crippen LogP contribution is -2.38.